The Labute approximate surface area is 291 Å². The average molecular weight is 688 g/mol. The lowest BCUT2D eigenvalue weighted by atomic mass is 10.0. The number of hydrogen-bond donors (Lipinski definition) is 3. The van der Waals surface area contributed by atoms with Gasteiger partial charge in [0.15, 0.2) is 5.82 Å². The summed E-state index contributed by atoms with van der Waals surface area (Å²) in [6.07, 6.45) is 8.84. The number of aromatic amines is 2. The van der Waals surface area contributed by atoms with E-state index in [2.05, 4.69) is 35.2 Å². The van der Waals surface area contributed by atoms with Crippen molar-refractivity contribution in [3.8, 4) is 33.9 Å². The van der Waals surface area contributed by atoms with Crippen LogP contribution in [0.4, 0.5) is 9.18 Å². The lowest BCUT2D eigenvalue weighted by Crippen LogP contribution is -2.51. The maximum absolute atomic E-state index is 15.5. The number of aromatic nitrogens is 6. The molecule has 0 saturated carbocycles. The van der Waals surface area contributed by atoms with E-state index in [0.717, 1.165) is 19.3 Å². The topological polar surface area (TPSA) is 162 Å². The molecule has 1 aliphatic rings. The Morgan fingerprint density at radius 2 is 1.86 bits per heavy atom. The van der Waals surface area contributed by atoms with Gasteiger partial charge in [-0.15, -0.1) is 0 Å². The molecular weight excluding hydrogens is 641 g/mol. The third-order valence-corrected chi connectivity index (χ3v) is 8.70. The molecule has 14 heteroatoms. The van der Waals surface area contributed by atoms with Gasteiger partial charge < -0.3 is 29.8 Å². The molecule has 1 saturated heterocycles. The van der Waals surface area contributed by atoms with Crippen molar-refractivity contribution in [3.05, 3.63) is 60.5 Å². The van der Waals surface area contributed by atoms with Crippen molar-refractivity contribution >= 4 is 17.9 Å². The summed E-state index contributed by atoms with van der Waals surface area (Å²) in [5.41, 5.74) is 2.65. The molecular formula is C36H46FN9O4. The lowest BCUT2D eigenvalue weighted by molar-refractivity contribution is -0.135. The second-order valence-electron chi connectivity index (χ2n) is 13.4. The lowest BCUT2D eigenvalue weighted by Gasteiger charge is -2.28. The van der Waals surface area contributed by atoms with Crippen LogP contribution in [0.15, 0.2) is 43.0 Å². The molecule has 3 N–H and O–H groups in total. The van der Waals surface area contributed by atoms with Crippen molar-refractivity contribution in [2.45, 2.75) is 78.9 Å². The van der Waals surface area contributed by atoms with Gasteiger partial charge in [-0.2, -0.15) is 0 Å². The van der Waals surface area contributed by atoms with E-state index in [1.807, 2.05) is 39.5 Å². The molecule has 4 heterocycles. The highest BCUT2D eigenvalue weighted by molar-refractivity contribution is 5.86. The predicted molar refractivity (Wildman–Crippen MR) is 186 cm³/mol. The van der Waals surface area contributed by atoms with Crippen LogP contribution < -0.4 is 5.32 Å². The second-order valence-corrected chi connectivity index (χ2v) is 13.4. The summed E-state index contributed by atoms with van der Waals surface area (Å²) in [6.45, 7) is 11.1. The fourth-order valence-electron chi connectivity index (χ4n) is 6.15. The van der Waals surface area contributed by atoms with Gasteiger partial charge >= 0.3 is 6.09 Å². The molecule has 1 aliphatic heterocycles. The van der Waals surface area contributed by atoms with Gasteiger partial charge in [-0.3, -0.25) is 9.59 Å². The van der Waals surface area contributed by atoms with E-state index in [4.69, 9.17) is 4.74 Å². The van der Waals surface area contributed by atoms with E-state index in [1.54, 1.807) is 41.8 Å². The van der Waals surface area contributed by atoms with Gasteiger partial charge in [-0.05, 0) is 43.2 Å². The van der Waals surface area contributed by atoms with Crippen molar-refractivity contribution in [2.24, 2.45) is 11.8 Å². The summed E-state index contributed by atoms with van der Waals surface area (Å²) in [4.78, 5) is 66.0. The highest BCUT2D eigenvalue weighted by Crippen LogP contribution is 2.33. The van der Waals surface area contributed by atoms with Crippen molar-refractivity contribution in [2.75, 3.05) is 20.2 Å². The summed E-state index contributed by atoms with van der Waals surface area (Å²) in [5.74, 6) is 1.15. The Hall–Kier alpha value is -5.14. The summed E-state index contributed by atoms with van der Waals surface area (Å²) >= 11 is 0. The number of H-pyrrole nitrogens is 2. The number of carbonyl (C=O) groups excluding carboxylic acids is 3. The first kappa shape index (κ1) is 36.1. The number of alkyl carbamates (subject to hydrolysis) is 1. The number of imidazole rings is 2. The van der Waals surface area contributed by atoms with Gasteiger partial charge in [0.1, 0.15) is 23.5 Å². The van der Waals surface area contributed by atoms with Crippen LogP contribution in [0.1, 0.15) is 78.0 Å². The number of halogens is 1. The monoisotopic (exact) mass is 687 g/mol. The number of amides is 3. The number of benzene rings is 1. The molecule has 1 aromatic carbocycles. The average Bonchev–Trinajstić information content (AvgIpc) is 3.88. The molecule has 2 atom stereocenters. The van der Waals surface area contributed by atoms with Crippen LogP contribution in [0.5, 0.6) is 0 Å². The molecule has 266 valence electrons. The zero-order chi connectivity index (χ0) is 35.9. The first-order valence-corrected chi connectivity index (χ1v) is 17.1. The van der Waals surface area contributed by atoms with Gasteiger partial charge in [-0.25, -0.2) is 29.1 Å². The van der Waals surface area contributed by atoms with Crippen molar-refractivity contribution < 1.29 is 23.5 Å². The molecule has 3 amide bonds. The molecule has 0 spiro atoms. The smallest absolute Gasteiger partial charge is 0.407 e. The minimum absolute atomic E-state index is 0.117. The Kier molecular flexibility index (Phi) is 11.6. The van der Waals surface area contributed by atoms with Gasteiger partial charge in [0.2, 0.25) is 11.8 Å². The molecule has 4 aromatic rings. The maximum Gasteiger partial charge on any atom is 0.407 e. The van der Waals surface area contributed by atoms with Crippen LogP contribution >= 0.6 is 0 Å². The van der Waals surface area contributed by atoms with Crippen LogP contribution in [0.25, 0.3) is 33.9 Å². The summed E-state index contributed by atoms with van der Waals surface area (Å²) in [5, 5.41) is 2.64. The Bertz CT molecular complexity index is 1790. The first-order chi connectivity index (χ1) is 24.0. The zero-order valence-electron chi connectivity index (χ0n) is 29.5. The Morgan fingerprint density at radius 3 is 2.52 bits per heavy atom. The van der Waals surface area contributed by atoms with E-state index in [9.17, 15) is 14.4 Å². The van der Waals surface area contributed by atoms with Crippen molar-refractivity contribution in [3.63, 3.8) is 0 Å². The van der Waals surface area contributed by atoms with E-state index in [-0.39, 0.29) is 36.2 Å². The van der Waals surface area contributed by atoms with Crippen molar-refractivity contribution in [1.29, 1.82) is 0 Å². The fraction of sp³-hybridized carbons (Fsp3) is 0.472. The summed E-state index contributed by atoms with van der Waals surface area (Å²) in [7, 11) is 1.26. The summed E-state index contributed by atoms with van der Waals surface area (Å²) < 4.78 is 20.2. The quantitative estimate of drug-likeness (QED) is 0.157. The zero-order valence-corrected chi connectivity index (χ0v) is 29.5. The number of methoxy groups -OCH3 is 1. The third-order valence-electron chi connectivity index (χ3n) is 8.70. The van der Waals surface area contributed by atoms with Crippen LogP contribution in [0.3, 0.4) is 0 Å². The molecule has 5 rings (SSSR count). The summed E-state index contributed by atoms with van der Waals surface area (Å²) in [6, 6.07) is 3.94. The molecule has 50 heavy (non-hydrogen) atoms. The number of ether oxygens (including phenoxy) is 1. The Balaban J connectivity index is 1.26. The minimum Gasteiger partial charge on any atom is -0.453 e. The fourth-order valence-corrected chi connectivity index (χ4v) is 6.15. The predicted octanol–water partition coefficient (Wildman–Crippen LogP) is 5.89. The van der Waals surface area contributed by atoms with Gasteiger partial charge in [0, 0.05) is 54.8 Å². The third kappa shape index (κ3) is 8.35. The van der Waals surface area contributed by atoms with Crippen LogP contribution in [-0.4, -0.2) is 83.9 Å². The molecule has 13 nitrogen and oxygen atoms in total. The highest BCUT2D eigenvalue weighted by Gasteiger charge is 2.32. The van der Waals surface area contributed by atoms with E-state index < -0.39 is 18.0 Å². The molecule has 1 fully saturated rings. The van der Waals surface area contributed by atoms with Gasteiger partial charge in [-0.1, -0.05) is 40.7 Å². The number of nitrogens with one attached hydrogen (secondary N) is 3. The molecule has 3 aromatic heterocycles. The van der Waals surface area contributed by atoms with E-state index in [0.29, 0.717) is 65.1 Å². The molecule has 0 aliphatic carbocycles. The number of rotatable bonds is 13. The molecule has 0 radical (unpaired) electrons. The van der Waals surface area contributed by atoms with Crippen LogP contribution in [0.2, 0.25) is 0 Å². The number of likely N-dealkylation sites (tertiary alicyclic amines) is 1. The first-order valence-electron chi connectivity index (χ1n) is 17.1. The SMILES string of the molecule is CCCN(Cc1nc(-c2cnc(-c3ccc(-c4cnc([C@@H]5CCCN5C(=O)CC(C)C)[nH]4)c(F)c3)nc2)c[nH]1)C(=O)[C@@H](NC(=O)OC)C(C)C. The second kappa shape index (κ2) is 16.0. The Morgan fingerprint density at radius 1 is 1.10 bits per heavy atom. The maximum atomic E-state index is 15.5. The van der Waals surface area contributed by atoms with E-state index >= 15 is 4.39 Å². The highest BCUT2D eigenvalue weighted by atomic mass is 19.1. The largest absolute Gasteiger partial charge is 0.453 e. The minimum atomic E-state index is -0.741. The van der Waals surface area contributed by atoms with Gasteiger partial charge in [0.25, 0.3) is 0 Å². The standard InChI is InChI=1S/C36H46FN9O4/c1-7-12-45(35(48)32(22(4)5)44-36(49)50-6)20-30-38-18-27(42-30)24-16-39-33(40-17-24)23-10-11-25(26(37)15-23)28-19-41-34(43-28)29-9-8-13-46(29)31(47)14-21(2)3/h10-11,15-19,21-22,29,32H,7-9,12-14,20H2,1-6H3,(H,38,42)(H,41,43)(H,44,49)/t29-,32-/m0/s1. The number of carbonyl (C=O) groups is 3. The normalized spacial score (nSPS) is 15.1. The van der Waals surface area contributed by atoms with Gasteiger partial charge in [0.05, 0.1) is 37.3 Å². The molecule has 0 unspecified atom stereocenters. The number of nitrogens with zero attached hydrogens (tertiary/aromatic N) is 6. The van der Waals surface area contributed by atoms with E-state index in [1.165, 1.54) is 13.2 Å². The van der Waals surface area contributed by atoms with Crippen LogP contribution in [-0.2, 0) is 20.9 Å². The van der Waals surface area contributed by atoms with Crippen LogP contribution in [0, 0.1) is 17.7 Å². The molecule has 0 bridgehead atoms. The van der Waals surface area contributed by atoms with Crippen molar-refractivity contribution in [1.82, 2.24) is 45.0 Å². The number of hydrogen-bond acceptors (Lipinski definition) is 8.